The Bertz CT molecular complexity index is 526. The molecule has 2 rings (SSSR count). The molecule has 0 unspecified atom stereocenters. The zero-order valence-corrected chi connectivity index (χ0v) is 14.4. The maximum atomic E-state index is 12.4. The van der Waals surface area contributed by atoms with Crippen LogP contribution in [0.15, 0.2) is 28.7 Å². The van der Waals surface area contributed by atoms with Gasteiger partial charge < -0.3 is 10.1 Å². The quantitative estimate of drug-likeness (QED) is 0.812. The van der Waals surface area contributed by atoms with Crippen molar-refractivity contribution in [2.75, 3.05) is 7.11 Å². The molecule has 5 heteroatoms. The molecular weight excluding hydrogens is 346 g/mol. The normalized spacial score (nSPS) is 16.8. The fourth-order valence-corrected chi connectivity index (χ4v) is 3.34. The molecule has 1 saturated carbocycles. The lowest BCUT2D eigenvalue weighted by Gasteiger charge is -2.24. The van der Waals surface area contributed by atoms with Gasteiger partial charge in [-0.05, 0) is 30.5 Å². The average Bonchev–Trinajstić information content (AvgIpc) is 2.54. The van der Waals surface area contributed by atoms with Gasteiger partial charge in [-0.1, -0.05) is 47.3 Å². The number of ether oxygens (including phenoxy) is 1. The van der Waals surface area contributed by atoms with E-state index in [9.17, 15) is 9.59 Å². The predicted molar refractivity (Wildman–Crippen MR) is 88.4 cm³/mol. The summed E-state index contributed by atoms with van der Waals surface area (Å²) in [4.78, 5) is 24.3. The number of hydrogen-bond acceptors (Lipinski definition) is 3. The van der Waals surface area contributed by atoms with E-state index in [4.69, 9.17) is 4.74 Å². The summed E-state index contributed by atoms with van der Waals surface area (Å²) in [5, 5.41) is 2.88. The van der Waals surface area contributed by atoms with Crippen LogP contribution in [-0.4, -0.2) is 25.0 Å². The Labute approximate surface area is 139 Å². The highest BCUT2D eigenvalue weighted by Gasteiger charge is 2.27. The van der Waals surface area contributed by atoms with Crippen LogP contribution >= 0.6 is 15.9 Å². The second kappa shape index (κ2) is 8.32. The second-order valence-corrected chi connectivity index (χ2v) is 6.67. The van der Waals surface area contributed by atoms with E-state index in [1.165, 1.54) is 13.5 Å². The van der Waals surface area contributed by atoms with Crippen molar-refractivity contribution in [1.82, 2.24) is 5.32 Å². The summed E-state index contributed by atoms with van der Waals surface area (Å²) in [6, 6.07) is 7.10. The molecule has 0 aromatic heterocycles. The number of hydrogen-bond donors (Lipinski definition) is 1. The van der Waals surface area contributed by atoms with Crippen LogP contribution in [0.5, 0.6) is 0 Å². The molecule has 0 aliphatic heterocycles. The Kier molecular flexibility index (Phi) is 6.43. The lowest BCUT2D eigenvalue weighted by molar-refractivity contribution is -0.145. The number of carbonyl (C=O) groups is 2. The highest BCUT2D eigenvalue weighted by atomic mass is 79.9. The molecule has 1 aliphatic rings. The van der Waals surface area contributed by atoms with Crippen LogP contribution in [0.3, 0.4) is 0 Å². The molecule has 0 spiro atoms. The van der Waals surface area contributed by atoms with E-state index >= 15 is 0 Å². The van der Waals surface area contributed by atoms with E-state index < -0.39 is 12.0 Å². The van der Waals surface area contributed by atoms with Gasteiger partial charge >= 0.3 is 5.97 Å². The molecule has 1 atom stereocenters. The van der Waals surface area contributed by atoms with E-state index in [0.29, 0.717) is 6.42 Å². The van der Waals surface area contributed by atoms with Gasteiger partial charge in [-0.25, -0.2) is 4.79 Å². The van der Waals surface area contributed by atoms with Gasteiger partial charge in [-0.3, -0.25) is 4.79 Å². The molecule has 4 nitrogen and oxygen atoms in total. The third kappa shape index (κ3) is 4.83. The number of methoxy groups -OCH3 is 1. The SMILES string of the molecule is COC(=O)[C@@H](Cc1cccc(Br)c1)NC(=O)C1CCCCC1. The number of benzene rings is 1. The van der Waals surface area contributed by atoms with Crippen LogP contribution in [-0.2, 0) is 20.7 Å². The maximum Gasteiger partial charge on any atom is 0.328 e. The van der Waals surface area contributed by atoms with Crippen LogP contribution in [0.2, 0.25) is 0 Å². The van der Waals surface area contributed by atoms with E-state index in [2.05, 4.69) is 21.2 Å². The summed E-state index contributed by atoms with van der Waals surface area (Å²) >= 11 is 3.42. The Hall–Kier alpha value is -1.36. The largest absolute Gasteiger partial charge is 0.467 e. The first-order chi connectivity index (χ1) is 10.6. The van der Waals surface area contributed by atoms with Crippen molar-refractivity contribution in [3.05, 3.63) is 34.3 Å². The summed E-state index contributed by atoms with van der Waals surface area (Å²) in [5.74, 6) is -0.391. The number of halogens is 1. The molecule has 0 heterocycles. The predicted octanol–water partition coefficient (Wildman–Crippen LogP) is 3.23. The Balaban J connectivity index is 2.02. The number of carbonyl (C=O) groups excluding carboxylic acids is 2. The third-order valence-electron chi connectivity index (χ3n) is 4.11. The molecule has 1 aromatic rings. The molecule has 0 saturated heterocycles. The smallest absolute Gasteiger partial charge is 0.328 e. The van der Waals surface area contributed by atoms with E-state index in [0.717, 1.165) is 35.7 Å². The molecule has 1 fully saturated rings. The number of nitrogens with one attached hydrogen (secondary N) is 1. The van der Waals surface area contributed by atoms with Crippen molar-refractivity contribution in [1.29, 1.82) is 0 Å². The highest BCUT2D eigenvalue weighted by molar-refractivity contribution is 9.10. The summed E-state index contributed by atoms with van der Waals surface area (Å²) in [5.41, 5.74) is 0.980. The van der Waals surface area contributed by atoms with Crippen molar-refractivity contribution in [2.45, 2.75) is 44.6 Å². The summed E-state index contributed by atoms with van der Waals surface area (Å²) in [6.07, 6.45) is 5.64. The molecule has 120 valence electrons. The topological polar surface area (TPSA) is 55.4 Å². The highest BCUT2D eigenvalue weighted by Crippen LogP contribution is 2.24. The number of amides is 1. The standard InChI is InChI=1S/C17H22BrNO3/c1-22-17(21)15(11-12-6-5-9-14(18)10-12)19-16(20)13-7-3-2-4-8-13/h5-6,9-10,13,15H,2-4,7-8,11H2,1H3,(H,19,20)/t15-/m1/s1. The molecule has 1 N–H and O–H groups in total. The fourth-order valence-electron chi connectivity index (χ4n) is 2.89. The van der Waals surface area contributed by atoms with Gasteiger partial charge in [0.25, 0.3) is 0 Å². The lowest BCUT2D eigenvalue weighted by atomic mass is 9.88. The molecule has 22 heavy (non-hydrogen) atoms. The monoisotopic (exact) mass is 367 g/mol. The van der Waals surface area contributed by atoms with Crippen LogP contribution in [0, 0.1) is 5.92 Å². The first-order valence-corrected chi connectivity index (χ1v) is 8.52. The van der Waals surface area contributed by atoms with Gasteiger partial charge in [-0.15, -0.1) is 0 Å². The van der Waals surface area contributed by atoms with Gasteiger partial charge in [0.05, 0.1) is 7.11 Å². The first kappa shape index (κ1) is 17.0. The minimum atomic E-state index is -0.631. The van der Waals surface area contributed by atoms with Crippen LogP contribution < -0.4 is 5.32 Å². The Morgan fingerprint density at radius 2 is 2.05 bits per heavy atom. The maximum absolute atomic E-state index is 12.4. The van der Waals surface area contributed by atoms with Crippen molar-refractivity contribution >= 4 is 27.8 Å². The number of esters is 1. The molecule has 0 radical (unpaired) electrons. The zero-order chi connectivity index (χ0) is 15.9. The summed E-state index contributed by atoms with van der Waals surface area (Å²) < 4.78 is 5.79. The average molecular weight is 368 g/mol. The zero-order valence-electron chi connectivity index (χ0n) is 12.8. The summed E-state index contributed by atoms with van der Waals surface area (Å²) in [6.45, 7) is 0. The van der Waals surface area contributed by atoms with Crippen molar-refractivity contribution < 1.29 is 14.3 Å². The van der Waals surface area contributed by atoms with Crippen molar-refractivity contribution in [3.63, 3.8) is 0 Å². The fraction of sp³-hybridized carbons (Fsp3) is 0.529. The summed E-state index contributed by atoms with van der Waals surface area (Å²) in [7, 11) is 1.35. The van der Waals surface area contributed by atoms with Gasteiger partial charge in [0.15, 0.2) is 0 Å². The molecule has 1 aliphatic carbocycles. The van der Waals surface area contributed by atoms with Crippen LogP contribution in [0.25, 0.3) is 0 Å². The molecule has 1 amide bonds. The van der Waals surface area contributed by atoms with E-state index in [1.54, 1.807) is 0 Å². The van der Waals surface area contributed by atoms with Crippen LogP contribution in [0.4, 0.5) is 0 Å². The van der Waals surface area contributed by atoms with Gasteiger partial charge in [0.1, 0.15) is 6.04 Å². The van der Waals surface area contributed by atoms with E-state index in [-0.39, 0.29) is 11.8 Å². The number of rotatable bonds is 5. The van der Waals surface area contributed by atoms with Crippen molar-refractivity contribution in [3.8, 4) is 0 Å². The Morgan fingerprint density at radius 3 is 2.68 bits per heavy atom. The lowest BCUT2D eigenvalue weighted by Crippen LogP contribution is -2.45. The molecule has 0 bridgehead atoms. The Morgan fingerprint density at radius 1 is 1.32 bits per heavy atom. The third-order valence-corrected chi connectivity index (χ3v) is 4.60. The van der Waals surface area contributed by atoms with Gasteiger partial charge in [0.2, 0.25) is 5.91 Å². The molecular formula is C17H22BrNO3. The minimum absolute atomic E-state index is 0.0231. The minimum Gasteiger partial charge on any atom is -0.467 e. The molecule has 1 aromatic carbocycles. The first-order valence-electron chi connectivity index (χ1n) is 7.73. The van der Waals surface area contributed by atoms with Crippen LogP contribution in [0.1, 0.15) is 37.7 Å². The van der Waals surface area contributed by atoms with E-state index in [1.807, 2.05) is 24.3 Å². The van der Waals surface area contributed by atoms with Crippen molar-refractivity contribution in [2.24, 2.45) is 5.92 Å². The van der Waals surface area contributed by atoms with Gasteiger partial charge in [-0.2, -0.15) is 0 Å². The van der Waals surface area contributed by atoms with Gasteiger partial charge in [0, 0.05) is 16.8 Å². The second-order valence-electron chi connectivity index (χ2n) is 5.75.